The molecular weight excluding hydrogens is 484 g/mol. The zero-order chi connectivity index (χ0) is 26.4. The second-order valence-corrected chi connectivity index (χ2v) is 11.9. The second-order valence-electron chi connectivity index (χ2n) is 8.29. The summed E-state index contributed by atoms with van der Waals surface area (Å²) in [4.78, 5) is 0. The van der Waals surface area contributed by atoms with Gasteiger partial charge in [-0.25, -0.2) is 0 Å². The number of rotatable bonds is 10. The van der Waals surface area contributed by atoms with Gasteiger partial charge in [-0.05, 0) is 34.6 Å². The van der Waals surface area contributed by atoms with Gasteiger partial charge in [-0.3, -0.25) is 0 Å². The van der Waals surface area contributed by atoms with Crippen molar-refractivity contribution in [1.82, 2.24) is 0 Å². The highest BCUT2D eigenvalue weighted by molar-refractivity contribution is 7.21. The monoisotopic (exact) mass is 516 g/mol. The molecular formula is C30H32O6Si. The summed E-state index contributed by atoms with van der Waals surface area (Å²) in [5.41, 5.74) is 0. The molecule has 192 valence electrons. The van der Waals surface area contributed by atoms with E-state index in [1.54, 1.807) is 42.7 Å². The Labute approximate surface area is 219 Å². The molecule has 0 saturated carbocycles. The molecule has 37 heavy (non-hydrogen) atoms. The van der Waals surface area contributed by atoms with E-state index in [0.29, 0.717) is 28.7 Å². The first-order valence-electron chi connectivity index (χ1n) is 11.8. The van der Waals surface area contributed by atoms with Crippen LogP contribution in [-0.2, 0) is 0 Å². The molecule has 0 fully saturated rings. The van der Waals surface area contributed by atoms with Crippen molar-refractivity contribution in [3.05, 3.63) is 84.9 Å². The SMILES string of the molecule is COc1ccc([Si@](c2ccccc2)(c2c(OC)cccc2OC)c2c(OC)cc(OC)cc2OC)cc1. The van der Waals surface area contributed by atoms with Gasteiger partial charge in [0.1, 0.15) is 34.5 Å². The van der Waals surface area contributed by atoms with Crippen molar-refractivity contribution in [2.75, 3.05) is 42.7 Å². The summed E-state index contributed by atoms with van der Waals surface area (Å²) >= 11 is 0. The number of hydrogen-bond acceptors (Lipinski definition) is 6. The highest BCUT2D eigenvalue weighted by atomic mass is 28.3. The number of hydrogen-bond donors (Lipinski definition) is 0. The van der Waals surface area contributed by atoms with Crippen molar-refractivity contribution in [3.63, 3.8) is 0 Å². The maximum atomic E-state index is 6.06. The van der Waals surface area contributed by atoms with E-state index in [4.69, 9.17) is 28.4 Å². The normalized spacial score (nSPS) is 12.3. The lowest BCUT2D eigenvalue weighted by atomic mass is 10.3. The van der Waals surface area contributed by atoms with Gasteiger partial charge >= 0.3 is 0 Å². The van der Waals surface area contributed by atoms with Gasteiger partial charge in [0.05, 0.1) is 42.7 Å². The topological polar surface area (TPSA) is 55.4 Å². The van der Waals surface area contributed by atoms with Gasteiger partial charge in [-0.2, -0.15) is 0 Å². The van der Waals surface area contributed by atoms with E-state index >= 15 is 0 Å². The van der Waals surface area contributed by atoms with E-state index in [2.05, 4.69) is 24.3 Å². The molecule has 6 nitrogen and oxygen atoms in total. The molecule has 4 aromatic carbocycles. The third kappa shape index (κ3) is 4.47. The average Bonchev–Trinajstić information content (AvgIpc) is 2.98. The predicted octanol–water partition coefficient (Wildman–Crippen LogP) is 3.12. The fourth-order valence-electron chi connectivity index (χ4n) is 4.99. The van der Waals surface area contributed by atoms with Gasteiger partial charge < -0.3 is 28.4 Å². The van der Waals surface area contributed by atoms with E-state index in [1.807, 2.05) is 60.7 Å². The summed E-state index contributed by atoms with van der Waals surface area (Å²) < 4.78 is 35.3. The minimum absolute atomic E-state index is 0.634. The maximum Gasteiger partial charge on any atom is 0.197 e. The van der Waals surface area contributed by atoms with Crippen LogP contribution in [0.15, 0.2) is 84.9 Å². The van der Waals surface area contributed by atoms with Crippen molar-refractivity contribution in [3.8, 4) is 34.5 Å². The Kier molecular flexibility index (Phi) is 7.94. The van der Waals surface area contributed by atoms with E-state index in [0.717, 1.165) is 26.5 Å². The van der Waals surface area contributed by atoms with Crippen molar-refractivity contribution in [2.45, 2.75) is 0 Å². The lowest BCUT2D eigenvalue weighted by Crippen LogP contribution is -2.75. The van der Waals surface area contributed by atoms with Crippen molar-refractivity contribution in [1.29, 1.82) is 0 Å². The van der Waals surface area contributed by atoms with Crippen LogP contribution in [0.4, 0.5) is 0 Å². The summed E-state index contributed by atoms with van der Waals surface area (Å²) in [5, 5.41) is 4.03. The van der Waals surface area contributed by atoms with Gasteiger partial charge in [-0.15, -0.1) is 0 Å². The summed E-state index contributed by atoms with van der Waals surface area (Å²) in [6.45, 7) is 0. The molecule has 0 radical (unpaired) electrons. The lowest BCUT2D eigenvalue weighted by Gasteiger charge is -2.37. The van der Waals surface area contributed by atoms with E-state index in [-0.39, 0.29) is 0 Å². The van der Waals surface area contributed by atoms with Gasteiger partial charge in [0.15, 0.2) is 8.07 Å². The molecule has 1 atom stereocenters. The van der Waals surface area contributed by atoms with Crippen LogP contribution in [0, 0.1) is 0 Å². The molecule has 7 heteroatoms. The van der Waals surface area contributed by atoms with Crippen LogP contribution in [0.2, 0.25) is 0 Å². The zero-order valence-corrected chi connectivity index (χ0v) is 23.0. The largest absolute Gasteiger partial charge is 0.497 e. The fourth-order valence-corrected chi connectivity index (χ4v) is 10.3. The molecule has 0 saturated heterocycles. The molecule has 0 aliphatic rings. The summed E-state index contributed by atoms with van der Waals surface area (Å²) in [6.07, 6.45) is 0. The Bertz CT molecular complexity index is 1290. The third-order valence-corrected chi connectivity index (χ3v) is 11.5. The first-order valence-corrected chi connectivity index (χ1v) is 13.8. The molecule has 0 aliphatic heterocycles. The molecule has 0 unspecified atom stereocenters. The first-order chi connectivity index (χ1) is 18.1. The van der Waals surface area contributed by atoms with E-state index < -0.39 is 8.07 Å². The smallest absolute Gasteiger partial charge is 0.197 e. The predicted molar refractivity (Wildman–Crippen MR) is 149 cm³/mol. The zero-order valence-electron chi connectivity index (χ0n) is 22.0. The van der Waals surface area contributed by atoms with Gasteiger partial charge in [0.2, 0.25) is 0 Å². The number of ether oxygens (including phenoxy) is 6. The highest BCUT2D eigenvalue weighted by Crippen LogP contribution is 2.32. The van der Waals surface area contributed by atoms with Crippen LogP contribution in [0.1, 0.15) is 0 Å². The second kappa shape index (κ2) is 11.3. The first kappa shape index (κ1) is 26.0. The molecule has 0 aliphatic carbocycles. The summed E-state index contributed by atoms with van der Waals surface area (Å²) in [7, 11) is 6.73. The minimum atomic E-state index is -3.24. The van der Waals surface area contributed by atoms with Crippen molar-refractivity contribution >= 4 is 28.8 Å². The van der Waals surface area contributed by atoms with Gasteiger partial charge in [-0.1, -0.05) is 48.5 Å². The van der Waals surface area contributed by atoms with Crippen molar-refractivity contribution < 1.29 is 28.4 Å². The number of benzene rings is 4. The quantitative estimate of drug-likeness (QED) is 0.239. The van der Waals surface area contributed by atoms with Crippen molar-refractivity contribution in [2.24, 2.45) is 0 Å². The molecule has 0 aromatic heterocycles. The average molecular weight is 517 g/mol. The summed E-state index contributed by atoms with van der Waals surface area (Å²) in [6, 6.07) is 28.2. The van der Waals surface area contributed by atoms with Gasteiger partial charge in [0, 0.05) is 22.5 Å². The Morgan fingerprint density at radius 3 is 1.32 bits per heavy atom. The minimum Gasteiger partial charge on any atom is -0.497 e. The molecule has 0 amide bonds. The van der Waals surface area contributed by atoms with Gasteiger partial charge in [0.25, 0.3) is 0 Å². The Hall–Kier alpha value is -4.10. The van der Waals surface area contributed by atoms with Crippen LogP contribution in [-0.4, -0.2) is 50.7 Å². The van der Waals surface area contributed by atoms with Crippen LogP contribution < -0.4 is 49.2 Å². The molecule has 0 N–H and O–H groups in total. The van der Waals surface area contributed by atoms with Crippen LogP contribution in [0.25, 0.3) is 0 Å². The third-order valence-electron chi connectivity index (χ3n) is 6.62. The molecule has 4 aromatic rings. The standard InChI is InChI=1S/C30H32O6Si/c1-31-21-15-17-24(18-16-21)37(23-11-8-7-9-12-23,29-25(33-3)13-10-14-26(29)34-4)30-27(35-5)19-22(32-2)20-28(30)36-6/h7-20H,1-6H3/t37-/m1/s1. The molecule has 4 rings (SSSR count). The fraction of sp³-hybridized carbons (Fsp3) is 0.200. The maximum absolute atomic E-state index is 6.06. The van der Waals surface area contributed by atoms with Crippen LogP contribution in [0.3, 0.4) is 0 Å². The molecule has 0 bridgehead atoms. The number of methoxy groups -OCH3 is 6. The molecule has 0 spiro atoms. The lowest BCUT2D eigenvalue weighted by molar-refractivity contribution is 0.379. The summed E-state index contributed by atoms with van der Waals surface area (Å²) in [5.74, 6) is 4.12. The highest BCUT2D eigenvalue weighted by Gasteiger charge is 2.49. The Morgan fingerprint density at radius 1 is 0.405 bits per heavy atom. The molecule has 0 heterocycles. The Balaban J connectivity index is 2.32. The van der Waals surface area contributed by atoms with E-state index in [9.17, 15) is 0 Å². The Morgan fingerprint density at radius 2 is 0.865 bits per heavy atom. The van der Waals surface area contributed by atoms with E-state index in [1.165, 1.54) is 0 Å². The van der Waals surface area contributed by atoms with Crippen LogP contribution >= 0.6 is 0 Å². The van der Waals surface area contributed by atoms with Crippen LogP contribution in [0.5, 0.6) is 34.5 Å².